The zero-order chi connectivity index (χ0) is 20.8. The molecule has 2 atom stereocenters. The van der Waals surface area contributed by atoms with Gasteiger partial charge in [0, 0.05) is 0 Å². The van der Waals surface area contributed by atoms with Crippen LogP contribution in [0.2, 0.25) is 0 Å². The fourth-order valence-corrected chi connectivity index (χ4v) is 5.43. The van der Waals surface area contributed by atoms with Crippen LogP contribution >= 0.6 is 20.3 Å². The summed E-state index contributed by atoms with van der Waals surface area (Å²) in [5.74, 6) is 0. The predicted molar refractivity (Wildman–Crippen MR) is 118 cm³/mol. The Hall–Kier alpha value is -0.594. The van der Waals surface area contributed by atoms with Gasteiger partial charge >= 0.3 is 183 Å². The summed E-state index contributed by atoms with van der Waals surface area (Å²) >= 11 is -1.20. The summed E-state index contributed by atoms with van der Waals surface area (Å²) in [5, 5.41) is 0. The Morgan fingerprint density at radius 1 is 0.750 bits per heavy atom. The quantitative estimate of drug-likeness (QED) is 0.508. The number of hydrogen-bond donors (Lipinski definition) is 2. The van der Waals surface area contributed by atoms with Crippen molar-refractivity contribution < 1.29 is 12.1 Å². The second-order valence-corrected chi connectivity index (χ2v) is 11.1. The van der Waals surface area contributed by atoms with Crippen molar-refractivity contribution in [3.8, 4) is 0 Å². The van der Waals surface area contributed by atoms with Crippen molar-refractivity contribution in [1.29, 1.82) is 0 Å². The number of halogens is 2. The Labute approximate surface area is 182 Å². The van der Waals surface area contributed by atoms with E-state index in [1.807, 2.05) is 0 Å². The molecule has 28 heavy (non-hydrogen) atoms. The molecule has 0 fully saturated rings. The van der Waals surface area contributed by atoms with Gasteiger partial charge in [-0.25, -0.2) is 0 Å². The molecule has 158 valence electrons. The first kappa shape index (κ1) is 23.7. The third kappa shape index (κ3) is 6.20. The summed E-state index contributed by atoms with van der Waals surface area (Å²) in [7, 11) is 12.6. The molecule has 0 saturated carbocycles. The maximum atomic E-state index is 6.50. The van der Waals surface area contributed by atoms with Gasteiger partial charge in [-0.05, 0) is 0 Å². The number of aryl methyl sites for hydroxylation is 4. The normalized spacial score (nSPS) is 14.2. The molecule has 0 aromatic heterocycles. The Morgan fingerprint density at radius 2 is 1.07 bits per heavy atom. The van der Waals surface area contributed by atoms with Gasteiger partial charge in [0.2, 0.25) is 0 Å². The van der Waals surface area contributed by atoms with Crippen LogP contribution in [0.4, 0.5) is 0 Å². The summed E-state index contributed by atoms with van der Waals surface area (Å²) in [4.78, 5) is 0. The van der Waals surface area contributed by atoms with Crippen molar-refractivity contribution in [1.82, 2.24) is 3.95 Å². The molecule has 0 amide bonds. The van der Waals surface area contributed by atoms with Crippen molar-refractivity contribution in [3.05, 3.63) is 69.8 Å². The van der Waals surface area contributed by atoms with Gasteiger partial charge in [0.05, 0.1) is 0 Å². The van der Waals surface area contributed by atoms with Gasteiger partial charge in [0.1, 0.15) is 0 Å². The topological polar surface area (TPSA) is 55.3 Å². The molecule has 2 rings (SSSR count). The molecule has 0 spiro atoms. The first-order valence-corrected chi connectivity index (χ1v) is 12.9. The van der Waals surface area contributed by atoms with E-state index in [9.17, 15) is 0 Å². The minimum atomic E-state index is -1.20. The first-order valence-electron chi connectivity index (χ1n) is 9.58. The molecule has 4 N–H and O–H groups in total. The molecule has 0 aliphatic carbocycles. The average Bonchev–Trinajstić information content (AvgIpc) is 2.61. The molecule has 2 aromatic rings. The molecule has 2 aromatic carbocycles. The number of nitrogens with zero attached hydrogens (tertiary/aromatic N) is 1. The van der Waals surface area contributed by atoms with E-state index >= 15 is 0 Å². The van der Waals surface area contributed by atoms with Crippen LogP contribution in [0.25, 0.3) is 0 Å². The molecule has 3 nitrogen and oxygen atoms in total. The molecule has 0 bridgehead atoms. The van der Waals surface area contributed by atoms with Gasteiger partial charge in [0.15, 0.2) is 0 Å². The van der Waals surface area contributed by atoms with Crippen LogP contribution in [-0.4, -0.2) is 17.0 Å². The fourth-order valence-electron chi connectivity index (χ4n) is 3.88. The van der Waals surface area contributed by atoms with E-state index in [0.29, 0.717) is 0 Å². The summed E-state index contributed by atoms with van der Waals surface area (Å²) in [5.41, 5.74) is 20.4. The predicted octanol–water partition coefficient (Wildman–Crippen LogP) is 5.54. The Bertz CT molecular complexity index is 680. The van der Waals surface area contributed by atoms with Crippen LogP contribution in [-0.2, 0) is 12.1 Å². The van der Waals surface area contributed by atoms with Gasteiger partial charge < -0.3 is 0 Å². The summed E-state index contributed by atoms with van der Waals surface area (Å²) in [6.45, 7) is 9.95. The van der Waals surface area contributed by atoms with Crippen LogP contribution < -0.4 is 11.5 Å². The van der Waals surface area contributed by atoms with Gasteiger partial charge in [-0.15, -0.1) is 0 Å². The van der Waals surface area contributed by atoms with E-state index in [4.69, 9.17) is 31.8 Å². The average molecular weight is 468 g/mol. The van der Waals surface area contributed by atoms with Crippen LogP contribution in [0, 0.1) is 27.7 Å². The first-order chi connectivity index (χ1) is 13.2. The Balaban J connectivity index is 1.98. The van der Waals surface area contributed by atoms with Crippen molar-refractivity contribution in [2.75, 3.05) is 13.1 Å². The van der Waals surface area contributed by atoms with Gasteiger partial charge in [-0.1, -0.05) is 0 Å². The van der Waals surface area contributed by atoms with Crippen molar-refractivity contribution in [3.63, 3.8) is 0 Å². The number of nitrogens with two attached hydrogens (primary N) is 2. The Morgan fingerprint density at radius 3 is 1.36 bits per heavy atom. The number of rotatable bonds is 9. The summed E-state index contributed by atoms with van der Waals surface area (Å²) in [6, 6.07) is 12.5. The second kappa shape index (κ2) is 11.0. The molecule has 6 heteroatoms. The zero-order valence-corrected chi connectivity index (χ0v) is 19.7. The molecular formula is C22H32Cl2CoN3. The van der Waals surface area contributed by atoms with Gasteiger partial charge in [-0.2, -0.15) is 0 Å². The summed E-state index contributed by atoms with van der Waals surface area (Å²) in [6.07, 6.45) is 1.62. The molecule has 0 heterocycles. The number of benzene rings is 2. The SMILES string of the molecule is Cc1cccc(C)c1C(N)CC[N](CCC(N)c1c(C)cccc1C)[Co]([Cl])[Cl]. The van der Waals surface area contributed by atoms with Crippen molar-refractivity contribution in [2.45, 2.75) is 52.6 Å². The van der Waals surface area contributed by atoms with Crippen molar-refractivity contribution in [2.24, 2.45) is 11.5 Å². The molecule has 0 aliphatic rings. The zero-order valence-electron chi connectivity index (χ0n) is 17.1. The van der Waals surface area contributed by atoms with E-state index in [-0.39, 0.29) is 12.1 Å². The monoisotopic (exact) mass is 467 g/mol. The van der Waals surface area contributed by atoms with Gasteiger partial charge in [-0.3, -0.25) is 0 Å². The van der Waals surface area contributed by atoms with Crippen LogP contribution in [0.1, 0.15) is 58.3 Å². The third-order valence-electron chi connectivity index (χ3n) is 5.33. The number of hydrogen-bond acceptors (Lipinski definition) is 3. The third-order valence-corrected chi connectivity index (χ3v) is 7.61. The van der Waals surface area contributed by atoms with E-state index in [1.54, 1.807) is 0 Å². The fraction of sp³-hybridized carbons (Fsp3) is 0.455. The van der Waals surface area contributed by atoms with E-state index in [0.717, 1.165) is 25.9 Å². The standard InChI is InChI=1S/C22H32N3.2ClH.Co/c1-15-7-5-8-16(2)21(15)19(23)11-13-25-14-12-20(24)22-17(3)9-6-10-18(22)4;;;/h5-10,19-20H,11-14,23-24H2,1-4H3;2*1H;/q-1;;;+3/p-2. The van der Waals surface area contributed by atoms with Crippen molar-refractivity contribution >= 4 is 20.3 Å². The second-order valence-electron chi connectivity index (χ2n) is 7.44. The minimum absolute atomic E-state index is 0.0288. The van der Waals surface area contributed by atoms with Crippen LogP contribution in [0.15, 0.2) is 36.4 Å². The van der Waals surface area contributed by atoms with E-state index in [2.05, 4.69) is 68.0 Å². The Kier molecular flexibility index (Phi) is 9.28. The van der Waals surface area contributed by atoms with Crippen LogP contribution in [0.3, 0.4) is 0 Å². The molecule has 0 radical (unpaired) electrons. The molecule has 2 unspecified atom stereocenters. The molecule has 0 aliphatic heterocycles. The molecular weight excluding hydrogens is 436 g/mol. The maximum absolute atomic E-state index is 6.50. The van der Waals surface area contributed by atoms with E-state index < -0.39 is 12.1 Å². The summed E-state index contributed by atoms with van der Waals surface area (Å²) < 4.78 is 2.11. The molecule has 0 saturated heterocycles. The van der Waals surface area contributed by atoms with E-state index in [1.165, 1.54) is 33.4 Å². The van der Waals surface area contributed by atoms with Gasteiger partial charge in [0.25, 0.3) is 0 Å². The van der Waals surface area contributed by atoms with Crippen LogP contribution in [0.5, 0.6) is 0 Å².